The molecule has 18 heavy (non-hydrogen) atoms. The molecule has 0 radical (unpaired) electrons. The maximum Gasteiger partial charge on any atom is 0.234 e. The summed E-state index contributed by atoms with van der Waals surface area (Å²) in [5.74, 6) is -0.113. The largest absolute Gasteiger partial charge is 0.350 e. The Morgan fingerprint density at radius 1 is 1.11 bits per heavy atom. The number of sulfonamides is 1. The third kappa shape index (κ3) is 10.5. The average Bonchev–Trinajstić information content (AvgIpc) is 1.93. The number of amides is 1. The maximum absolute atomic E-state index is 11.5. The molecule has 0 saturated carbocycles. The normalized spacial score (nSPS) is 13.4. The quantitative estimate of drug-likeness (QED) is 0.629. The molecule has 0 unspecified atom stereocenters. The molecule has 0 aliphatic rings. The molecule has 0 bridgehead atoms. The zero-order chi connectivity index (χ0) is 14.6. The van der Waals surface area contributed by atoms with Crippen LogP contribution in [0, 0.1) is 0 Å². The second-order valence-corrected chi connectivity index (χ2v) is 7.91. The average molecular weight is 279 g/mol. The molecule has 0 fully saturated rings. The molecular formula is C11H25N3O3S. The highest BCUT2D eigenvalue weighted by Gasteiger charge is 2.22. The summed E-state index contributed by atoms with van der Waals surface area (Å²) < 4.78 is 24.7. The molecule has 0 atom stereocenters. The topological polar surface area (TPSA) is 87.3 Å². The number of carbonyl (C=O) groups excluding carboxylic acids is 1. The summed E-state index contributed by atoms with van der Waals surface area (Å²) in [5, 5.41) is 5.75. The Hall–Kier alpha value is -0.660. The van der Waals surface area contributed by atoms with Crippen molar-refractivity contribution in [1.82, 2.24) is 15.4 Å². The van der Waals surface area contributed by atoms with Crippen LogP contribution in [0.2, 0.25) is 0 Å². The van der Waals surface area contributed by atoms with Crippen LogP contribution in [0.25, 0.3) is 0 Å². The minimum Gasteiger partial charge on any atom is -0.350 e. The van der Waals surface area contributed by atoms with E-state index in [4.69, 9.17) is 0 Å². The first-order valence-electron chi connectivity index (χ1n) is 5.81. The third-order valence-electron chi connectivity index (χ3n) is 1.83. The second kappa shape index (κ2) is 5.99. The van der Waals surface area contributed by atoms with E-state index in [0.717, 1.165) is 6.26 Å². The van der Waals surface area contributed by atoms with Crippen molar-refractivity contribution in [1.29, 1.82) is 0 Å². The molecule has 0 aliphatic carbocycles. The number of nitrogens with one attached hydrogen (secondary N) is 3. The van der Waals surface area contributed by atoms with Crippen LogP contribution >= 0.6 is 0 Å². The van der Waals surface area contributed by atoms with E-state index in [9.17, 15) is 13.2 Å². The van der Waals surface area contributed by atoms with E-state index in [0.29, 0.717) is 6.54 Å². The van der Waals surface area contributed by atoms with Gasteiger partial charge < -0.3 is 10.6 Å². The van der Waals surface area contributed by atoms with Crippen molar-refractivity contribution in [2.24, 2.45) is 0 Å². The molecule has 7 heteroatoms. The summed E-state index contributed by atoms with van der Waals surface area (Å²) in [7, 11) is -3.25. The number of carbonyl (C=O) groups is 1. The van der Waals surface area contributed by atoms with Gasteiger partial charge in [0.15, 0.2) is 0 Å². The van der Waals surface area contributed by atoms with Crippen LogP contribution in [0.5, 0.6) is 0 Å². The maximum atomic E-state index is 11.5. The van der Waals surface area contributed by atoms with Crippen LogP contribution in [0.4, 0.5) is 0 Å². The SMILES string of the molecule is CC(C)(C)NC(=O)CNCC(C)(C)NS(C)(=O)=O. The van der Waals surface area contributed by atoms with Crippen molar-refractivity contribution >= 4 is 15.9 Å². The van der Waals surface area contributed by atoms with E-state index in [1.165, 1.54) is 0 Å². The van der Waals surface area contributed by atoms with E-state index in [1.54, 1.807) is 13.8 Å². The lowest BCUT2D eigenvalue weighted by Gasteiger charge is -2.26. The molecule has 0 rings (SSSR count). The number of hydrogen-bond donors (Lipinski definition) is 3. The highest BCUT2D eigenvalue weighted by molar-refractivity contribution is 7.88. The lowest BCUT2D eigenvalue weighted by molar-refractivity contribution is -0.121. The highest BCUT2D eigenvalue weighted by Crippen LogP contribution is 2.02. The summed E-state index contributed by atoms with van der Waals surface area (Å²) in [6, 6.07) is 0. The zero-order valence-electron chi connectivity index (χ0n) is 12.0. The Kier molecular flexibility index (Phi) is 5.77. The summed E-state index contributed by atoms with van der Waals surface area (Å²) in [5.41, 5.74) is -0.894. The fourth-order valence-electron chi connectivity index (χ4n) is 1.49. The summed E-state index contributed by atoms with van der Waals surface area (Å²) in [6.07, 6.45) is 1.11. The van der Waals surface area contributed by atoms with Gasteiger partial charge in [-0.2, -0.15) is 0 Å². The monoisotopic (exact) mass is 279 g/mol. The van der Waals surface area contributed by atoms with Gasteiger partial charge in [-0.3, -0.25) is 4.79 Å². The van der Waals surface area contributed by atoms with Gasteiger partial charge in [-0.15, -0.1) is 0 Å². The molecule has 0 aromatic rings. The predicted octanol–water partition coefficient (Wildman–Crippen LogP) is -0.181. The molecule has 0 aliphatic heterocycles. The van der Waals surface area contributed by atoms with Gasteiger partial charge in [0.2, 0.25) is 15.9 Å². The zero-order valence-corrected chi connectivity index (χ0v) is 12.9. The molecule has 108 valence electrons. The van der Waals surface area contributed by atoms with Crippen LogP contribution in [-0.2, 0) is 14.8 Å². The van der Waals surface area contributed by atoms with E-state index in [2.05, 4.69) is 15.4 Å². The summed E-state index contributed by atoms with van der Waals surface area (Å²) in [4.78, 5) is 11.5. The van der Waals surface area contributed by atoms with Gasteiger partial charge >= 0.3 is 0 Å². The first-order valence-corrected chi connectivity index (χ1v) is 7.71. The lowest BCUT2D eigenvalue weighted by atomic mass is 10.1. The third-order valence-corrected chi connectivity index (χ3v) is 2.75. The van der Waals surface area contributed by atoms with Gasteiger partial charge in [0.1, 0.15) is 0 Å². The van der Waals surface area contributed by atoms with Gasteiger partial charge in [0.25, 0.3) is 0 Å². The molecular weight excluding hydrogens is 254 g/mol. The van der Waals surface area contributed by atoms with Gasteiger partial charge in [-0.05, 0) is 34.6 Å². The van der Waals surface area contributed by atoms with Gasteiger partial charge in [-0.1, -0.05) is 0 Å². The van der Waals surface area contributed by atoms with E-state index >= 15 is 0 Å². The molecule has 0 saturated heterocycles. The number of rotatable bonds is 6. The Balaban J connectivity index is 4.08. The van der Waals surface area contributed by atoms with Crippen molar-refractivity contribution in [3.05, 3.63) is 0 Å². The van der Waals surface area contributed by atoms with Crippen molar-refractivity contribution in [3.8, 4) is 0 Å². The van der Waals surface area contributed by atoms with Crippen molar-refractivity contribution < 1.29 is 13.2 Å². The lowest BCUT2D eigenvalue weighted by Crippen LogP contribution is -2.52. The molecule has 6 nitrogen and oxygen atoms in total. The van der Waals surface area contributed by atoms with Crippen molar-refractivity contribution in [2.45, 2.75) is 45.7 Å². The van der Waals surface area contributed by atoms with Crippen molar-refractivity contribution in [2.75, 3.05) is 19.3 Å². The van der Waals surface area contributed by atoms with Gasteiger partial charge in [-0.25, -0.2) is 13.1 Å². The first-order chi connectivity index (χ1) is 7.81. The van der Waals surface area contributed by atoms with Gasteiger partial charge in [0, 0.05) is 17.6 Å². The Labute approximate surface area is 110 Å². The minimum atomic E-state index is -3.25. The molecule has 0 aromatic carbocycles. The molecule has 0 aromatic heterocycles. The smallest absolute Gasteiger partial charge is 0.234 e. The summed E-state index contributed by atoms with van der Waals surface area (Å²) in [6.45, 7) is 9.75. The molecule has 0 spiro atoms. The Morgan fingerprint density at radius 3 is 2.00 bits per heavy atom. The van der Waals surface area contributed by atoms with Gasteiger partial charge in [0.05, 0.1) is 12.8 Å². The summed E-state index contributed by atoms with van der Waals surface area (Å²) >= 11 is 0. The Bertz CT molecular complexity index is 383. The standard InChI is InChI=1S/C11H25N3O3S/c1-10(2,3)13-9(15)7-12-8-11(4,5)14-18(6,16)17/h12,14H,7-8H2,1-6H3,(H,13,15). The predicted molar refractivity (Wildman–Crippen MR) is 72.8 cm³/mol. The van der Waals surface area contributed by atoms with Crippen LogP contribution in [-0.4, -0.2) is 44.7 Å². The van der Waals surface area contributed by atoms with Crippen LogP contribution in [0.15, 0.2) is 0 Å². The van der Waals surface area contributed by atoms with Crippen molar-refractivity contribution in [3.63, 3.8) is 0 Å². The minimum absolute atomic E-state index is 0.113. The van der Waals surface area contributed by atoms with E-state index < -0.39 is 15.6 Å². The first kappa shape index (κ1) is 17.3. The number of hydrogen-bond acceptors (Lipinski definition) is 4. The Morgan fingerprint density at radius 2 is 1.61 bits per heavy atom. The molecule has 0 heterocycles. The highest BCUT2D eigenvalue weighted by atomic mass is 32.2. The van der Waals surface area contributed by atoms with E-state index in [1.807, 2.05) is 20.8 Å². The van der Waals surface area contributed by atoms with Crippen LogP contribution < -0.4 is 15.4 Å². The second-order valence-electron chi connectivity index (χ2n) is 6.16. The van der Waals surface area contributed by atoms with Crippen LogP contribution in [0.3, 0.4) is 0 Å². The molecule has 1 amide bonds. The molecule has 3 N–H and O–H groups in total. The fraction of sp³-hybridized carbons (Fsp3) is 0.909. The van der Waals surface area contributed by atoms with E-state index in [-0.39, 0.29) is 18.0 Å². The van der Waals surface area contributed by atoms with Crippen LogP contribution in [0.1, 0.15) is 34.6 Å². The fourth-order valence-corrected chi connectivity index (χ4v) is 2.56.